The third-order valence-electron chi connectivity index (χ3n) is 5.27. The average molecular weight is 351 g/mol. The number of hydrogen-bond acceptors (Lipinski definition) is 2. The van der Waals surface area contributed by atoms with E-state index in [0.29, 0.717) is 0 Å². The van der Waals surface area contributed by atoms with E-state index in [0.717, 1.165) is 54.4 Å². The van der Waals surface area contributed by atoms with Crippen molar-refractivity contribution in [3.8, 4) is 0 Å². The molecular formula is C22H22FNO2. The quantitative estimate of drug-likeness (QED) is 0.626. The summed E-state index contributed by atoms with van der Waals surface area (Å²) < 4.78 is 19.1. The van der Waals surface area contributed by atoms with E-state index in [4.69, 9.17) is 10.2 Å². The van der Waals surface area contributed by atoms with Crippen LogP contribution in [-0.2, 0) is 17.6 Å². The van der Waals surface area contributed by atoms with Crippen LogP contribution in [0.15, 0.2) is 52.9 Å². The maximum Gasteiger partial charge on any atom is 0.221 e. The Balaban J connectivity index is 1.46. The predicted octanol–water partition coefficient (Wildman–Crippen LogP) is 4.73. The van der Waals surface area contributed by atoms with Gasteiger partial charge >= 0.3 is 0 Å². The monoisotopic (exact) mass is 351 g/mol. The summed E-state index contributed by atoms with van der Waals surface area (Å²) in [5.74, 6) is 0.702. The molecule has 0 radical (unpaired) electrons. The van der Waals surface area contributed by atoms with Gasteiger partial charge in [-0.25, -0.2) is 4.39 Å². The van der Waals surface area contributed by atoms with Gasteiger partial charge in [-0.2, -0.15) is 0 Å². The molecular weight excluding hydrogens is 329 g/mol. The van der Waals surface area contributed by atoms with E-state index in [2.05, 4.69) is 6.07 Å². The van der Waals surface area contributed by atoms with Gasteiger partial charge in [-0.1, -0.05) is 30.3 Å². The second-order valence-electron chi connectivity index (χ2n) is 7.12. The fourth-order valence-corrected chi connectivity index (χ4v) is 3.80. The highest BCUT2D eigenvalue weighted by molar-refractivity contribution is 5.87. The minimum absolute atomic E-state index is 0.0611. The zero-order valence-corrected chi connectivity index (χ0v) is 14.6. The van der Waals surface area contributed by atoms with Crippen LogP contribution >= 0.6 is 0 Å². The smallest absolute Gasteiger partial charge is 0.221 e. The van der Waals surface area contributed by atoms with Crippen molar-refractivity contribution >= 4 is 16.9 Å². The molecule has 2 N–H and O–H groups in total. The van der Waals surface area contributed by atoms with Gasteiger partial charge in [0.15, 0.2) is 0 Å². The van der Waals surface area contributed by atoms with Crippen molar-refractivity contribution in [2.75, 3.05) is 0 Å². The average Bonchev–Trinajstić information content (AvgIpc) is 3.34. The van der Waals surface area contributed by atoms with E-state index in [9.17, 15) is 9.18 Å². The number of furan rings is 1. The number of halogens is 1. The van der Waals surface area contributed by atoms with E-state index >= 15 is 0 Å². The van der Waals surface area contributed by atoms with E-state index in [1.807, 2.05) is 30.3 Å². The van der Waals surface area contributed by atoms with Crippen LogP contribution in [0.25, 0.3) is 11.0 Å². The number of unbranched alkanes of at least 4 members (excludes halogenated alkanes) is 1. The highest BCUT2D eigenvalue weighted by Gasteiger charge is 2.45. The highest BCUT2D eigenvalue weighted by atomic mass is 19.1. The van der Waals surface area contributed by atoms with Gasteiger partial charge in [0.25, 0.3) is 0 Å². The molecule has 1 aliphatic rings. The summed E-state index contributed by atoms with van der Waals surface area (Å²) in [6.07, 6.45) is 4.57. The van der Waals surface area contributed by atoms with E-state index < -0.39 is 0 Å². The molecule has 1 saturated carbocycles. The fourth-order valence-electron chi connectivity index (χ4n) is 3.80. The number of nitrogens with two attached hydrogens (primary N) is 1. The largest absolute Gasteiger partial charge is 0.461 e. The molecule has 1 aliphatic carbocycles. The summed E-state index contributed by atoms with van der Waals surface area (Å²) in [4.78, 5) is 11.5. The SMILES string of the molecule is NC(=O)[C@@H]1C[C@H]1c1c(CCCCc2ccc(F)cc2)oc2ccccc12. The second kappa shape index (κ2) is 6.94. The van der Waals surface area contributed by atoms with Crippen molar-refractivity contribution < 1.29 is 13.6 Å². The third kappa shape index (κ3) is 3.36. The first-order chi connectivity index (χ1) is 12.6. The van der Waals surface area contributed by atoms with Gasteiger partial charge in [0.05, 0.1) is 0 Å². The van der Waals surface area contributed by atoms with Gasteiger partial charge in [-0.3, -0.25) is 4.79 Å². The lowest BCUT2D eigenvalue weighted by atomic mass is 10.0. The first kappa shape index (κ1) is 16.8. The molecule has 0 unspecified atom stereocenters. The van der Waals surface area contributed by atoms with Crippen LogP contribution in [0.1, 0.15) is 42.1 Å². The zero-order valence-electron chi connectivity index (χ0n) is 14.6. The molecule has 3 nitrogen and oxygen atoms in total. The maximum atomic E-state index is 13.0. The molecule has 1 amide bonds. The minimum atomic E-state index is -0.220. The Hall–Kier alpha value is -2.62. The van der Waals surface area contributed by atoms with Crippen LogP contribution in [0.4, 0.5) is 4.39 Å². The number of carbonyl (C=O) groups is 1. The topological polar surface area (TPSA) is 56.2 Å². The Morgan fingerprint density at radius 3 is 2.54 bits per heavy atom. The molecule has 3 aromatic rings. The summed E-state index contributed by atoms with van der Waals surface area (Å²) in [7, 11) is 0. The molecule has 0 saturated heterocycles. The molecule has 0 spiro atoms. The first-order valence-electron chi connectivity index (χ1n) is 9.17. The van der Waals surface area contributed by atoms with Crippen molar-refractivity contribution in [1.29, 1.82) is 0 Å². The summed E-state index contributed by atoms with van der Waals surface area (Å²) in [6.45, 7) is 0. The Kier molecular flexibility index (Phi) is 4.49. The lowest BCUT2D eigenvalue weighted by Gasteiger charge is -2.04. The predicted molar refractivity (Wildman–Crippen MR) is 99.3 cm³/mol. The van der Waals surface area contributed by atoms with Crippen molar-refractivity contribution in [1.82, 2.24) is 0 Å². The van der Waals surface area contributed by atoms with Gasteiger partial charge in [-0.05, 0) is 49.4 Å². The Morgan fingerprint density at radius 1 is 1.08 bits per heavy atom. The van der Waals surface area contributed by atoms with E-state index in [1.54, 1.807) is 0 Å². The van der Waals surface area contributed by atoms with Crippen molar-refractivity contribution in [2.24, 2.45) is 11.7 Å². The first-order valence-corrected chi connectivity index (χ1v) is 9.17. The van der Waals surface area contributed by atoms with Crippen molar-refractivity contribution in [3.63, 3.8) is 0 Å². The Morgan fingerprint density at radius 2 is 1.81 bits per heavy atom. The van der Waals surface area contributed by atoms with E-state index in [1.165, 1.54) is 17.7 Å². The fraction of sp³-hybridized carbons (Fsp3) is 0.318. The van der Waals surface area contributed by atoms with Crippen molar-refractivity contribution in [3.05, 3.63) is 71.2 Å². The number of benzene rings is 2. The Labute approximate surface area is 152 Å². The summed E-state index contributed by atoms with van der Waals surface area (Å²) >= 11 is 0. The van der Waals surface area contributed by atoms with Crippen LogP contribution in [0.3, 0.4) is 0 Å². The lowest BCUT2D eigenvalue weighted by Crippen LogP contribution is -2.13. The molecule has 1 heterocycles. The molecule has 1 aromatic heterocycles. The number of amides is 1. The summed E-state index contributed by atoms with van der Waals surface area (Å²) in [5, 5.41) is 1.11. The second-order valence-corrected chi connectivity index (χ2v) is 7.12. The molecule has 2 aromatic carbocycles. The number of hydrogen-bond donors (Lipinski definition) is 1. The molecule has 26 heavy (non-hydrogen) atoms. The lowest BCUT2D eigenvalue weighted by molar-refractivity contribution is -0.119. The summed E-state index contributed by atoms with van der Waals surface area (Å²) in [6, 6.07) is 14.7. The standard InChI is InChI=1S/C22H22FNO2/c23-15-11-9-14(10-12-15)5-1-3-8-20-21(17-13-18(17)22(24)25)16-6-2-4-7-19(16)26-20/h2,4,6-7,9-12,17-18H,1,3,5,8,13H2,(H2,24,25)/t17-,18-/m1/s1. The van der Waals surface area contributed by atoms with Crippen LogP contribution in [-0.4, -0.2) is 5.91 Å². The number of rotatable bonds is 7. The van der Waals surface area contributed by atoms with Gasteiger partial charge in [-0.15, -0.1) is 0 Å². The molecule has 4 heteroatoms. The van der Waals surface area contributed by atoms with Gasteiger partial charge in [0.2, 0.25) is 5.91 Å². The molecule has 2 atom stereocenters. The maximum absolute atomic E-state index is 13.0. The number of primary amides is 1. The highest BCUT2D eigenvalue weighted by Crippen LogP contribution is 2.51. The molecule has 4 rings (SSSR count). The molecule has 134 valence electrons. The zero-order chi connectivity index (χ0) is 18.1. The Bertz CT molecular complexity index is 929. The molecule has 1 fully saturated rings. The van der Waals surface area contributed by atoms with Crippen LogP contribution in [0.2, 0.25) is 0 Å². The third-order valence-corrected chi connectivity index (χ3v) is 5.27. The van der Waals surface area contributed by atoms with Crippen LogP contribution in [0, 0.1) is 11.7 Å². The van der Waals surface area contributed by atoms with Gasteiger partial charge < -0.3 is 10.2 Å². The van der Waals surface area contributed by atoms with Gasteiger partial charge in [0, 0.05) is 29.2 Å². The van der Waals surface area contributed by atoms with Gasteiger partial charge in [0.1, 0.15) is 17.2 Å². The summed E-state index contributed by atoms with van der Waals surface area (Å²) in [5.41, 5.74) is 8.69. The van der Waals surface area contributed by atoms with Crippen LogP contribution < -0.4 is 5.73 Å². The van der Waals surface area contributed by atoms with Crippen LogP contribution in [0.5, 0.6) is 0 Å². The number of fused-ring (bicyclic) bond motifs is 1. The molecule has 0 aliphatic heterocycles. The van der Waals surface area contributed by atoms with Crippen molar-refractivity contribution in [2.45, 2.75) is 38.0 Å². The molecule has 0 bridgehead atoms. The number of aryl methyl sites for hydroxylation is 2. The number of carbonyl (C=O) groups excluding carboxylic acids is 1. The van der Waals surface area contributed by atoms with E-state index in [-0.39, 0.29) is 23.6 Å². The minimum Gasteiger partial charge on any atom is -0.461 e. The number of para-hydroxylation sites is 1. The normalized spacial score (nSPS) is 19.0.